The van der Waals surface area contributed by atoms with Crippen LogP contribution in [-0.2, 0) is 60.4 Å². The van der Waals surface area contributed by atoms with E-state index in [0.29, 0.717) is 71.1 Å². The van der Waals surface area contributed by atoms with E-state index < -0.39 is 40.3 Å². The molecule has 3 saturated heterocycles. The molecular formula is C40H53NO10. The van der Waals surface area contributed by atoms with E-state index in [1.807, 2.05) is 60.7 Å². The van der Waals surface area contributed by atoms with Crippen LogP contribution in [0.4, 0.5) is 0 Å². The summed E-state index contributed by atoms with van der Waals surface area (Å²) in [5, 5.41) is 0. The third kappa shape index (κ3) is 7.69. The number of hydrogen-bond donors (Lipinski definition) is 0. The van der Waals surface area contributed by atoms with Gasteiger partial charge in [-0.05, 0) is 29.9 Å². The van der Waals surface area contributed by atoms with E-state index in [0.717, 1.165) is 17.7 Å². The monoisotopic (exact) mass is 707 g/mol. The van der Waals surface area contributed by atoms with Crippen LogP contribution in [0.25, 0.3) is 0 Å². The highest BCUT2D eigenvalue weighted by molar-refractivity contribution is 6.08. The van der Waals surface area contributed by atoms with E-state index >= 15 is 0 Å². The summed E-state index contributed by atoms with van der Waals surface area (Å²) in [4.78, 5) is 54.0. The van der Waals surface area contributed by atoms with Crippen molar-refractivity contribution in [3.8, 4) is 0 Å². The first kappa shape index (κ1) is 37.3. The Bertz CT molecular complexity index is 1560. The molecule has 2 aromatic carbocycles. The Morgan fingerprint density at radius 2 is 1.39 bits per heavy atom. The molecule has 2 bridgehead atoms. The van der Waals surface area contributed by atoms with E-state index in [1.54, 1.807) is 0 Å². The Hall–Kier alpha value is -3.48. The number of carbonyl (C=O) groups is 4. The van der Waals surface area contributed by atoms with E-state index in [4.69, 9.17) is 28.4 Å². The van der Waals surface area contributed by atoms with Gasteiger partial charge < -0.3 is 33.3 Å². The fourth-order valence-corrected chi connectivity index (χ4v) is 9.19. The molecule has 7 rings (SSSR count). The first-order valence-electron chi connectivity index (χ1n) is 18.1. The second kappa shape index (κ2) is 15.2. The van der Waals surface area contributed by atoms with Crippen molar-refractivity contribution in [2.24, 2.45) is 28.6 Å². The molecule has 3 heterocycles. The summed E-state index contributed by atoms with van der Waals surface area (Å²) in [5.41, 5.74) is 0.158. The molecule has 5 fully saturated rings. The number of hydrogen-bond acceptors (Lipinski definition) is 11. The van der Waals surface area contributed by atoms with Gasteiger partial charge in [-0.3, -0.25) is 19.2 Å². The van der Waals surface area contributed by atoms with Crippen LogP contribution in [0.2, 0.25) is 0 Å². The number of benzene rings is 2. The lowest BCUT2D eigenvalue weighted by Gasteiger charge is -2.57. The fourth-order valence-electron chi connectivity index (χ4n) is 9.19. The van der Waals surface area contributed by atoms with Crippen LogP contribution >= 0.6 is 0 Å². The number of nitrogens with zero attached hydrogens (tertiary/aromatic N) is 1. The third-order valence-corrected chi connectivity index (χ3v) is 11.0. The molecule has 0 N–H and O–H groups in total. The number of piperidine rings is 1. The number of esters is 2. The van der Waals surface area contributed by atoms with Crippen molar-refractivity contribution in [2.75, 3.05) is 60.3 Å². The van der Waals surface area contributed by atoms with Gasteiger partial charge in [-0.15, -0.1) is 0 Å². The number of fused-ring (bicyclic) bond motifs is 2. The van der Waals surface area contributed by atoms with Gasteiger partial charge in [0.25, 0.3) is 0 Å². The Morgan fingerprint density at radius 1 is 0.804 bits per heavy atom. The molecule has 2 aliphatic carbocycles. The van der Waals surface area contributed by atoms with Crippen LogP contribution in [0.1, 0.15) is 52.1 Å². The maximum absolute atomic E-state index is 14.0. The molecule has 5 aliphatic rings. The largest absolute Gasteiger partial charge is 0.468 e. The molecule has 0 aromatic heterocycles. The zero-order valence-corrected chi connectivity index (χ0v) is 30.2. The minimum absolute atomic E-state index is 0. The first-order valence-corrected chi connectivity index (χ1v) is 18.1. The zero-order chi connectivity index (χ0) is 36.3. The summed E-state index contributed by atoms with van der Waals surface area (Å²) in [7, 11) is 2.67. The predicted molar refractivity (Wildman–Crippen MR) is 187 cm³/mol. The molecule has 0 amide bonds. The average Bonchev–Trinajstić information content (AvgIpc) is 3.77. The van der Waals surface area contributed by atoms with Crippen molar-refractivity contribution in [3.05, 3.63) is 71.8 Å². The van der Waals surface area contributed by atoms with Gasteiger partial charge in [0.1, 0.15) is 11.3 Å². The number of likely N-dealkylation sites (tertiary alicyclic amines) is 1. The van der Waals surface area contributed by atoms with Crippen molar-refractivity contribution in [2.45, 2.75) is 63.9 Å². The van der Waals surface area contributed by atoms with Gasteiger partial charge in [-0.2, -0.15) is 0 Å². The van der Waals surface area contributed by atoms with Crippen LogP contribution in [0.15, 0.2) is 60.7 Å². The van der Waals surface area contributed by atoms with Crippen molar-refractivity contribution < 1.29 is 49.0 Å². The molecule has 11 nitrogen and oxygen atoms in total. The molecule has 0 radical (unpaired) electrons. The van der Waals surface area contributed by atoms with Gasteiger partial charge in [0.2, 0.25) is 0 Å². The first-order chi connectivity index (χ1) is 24.5. The maximum atomic E-state index is 14.0. The molecule has 4 unspecified atom stereocenters. The van der Waals surface area contributed by atoms with Gasteiger partial charge >= 0.3 is 11.9 Å². The SMILES string of the molecule is COC(=O)C12CN(CC(C)C)CC(Cc3ccccc3)(CC3(C1)OCCO3)C2=O.COC(=O)C1CC2(CC(Cc3ccccc3)C1=O)OCCO2.[HH]. The molecular weight excluding hydrogens is 654 g/mol. The highest BCUT2D eigenvalue weighted by Crippen LogP contribution is 2.56. The second-order valence-corrected chi connectivity index (χ2v) is 15.3. The summed E-state index contributed by atoms with van der Waals surface area (Å²) in [6.07, 6.45) is 2.60. The minimum Gasteiger partial charge on any atom is -0.468 e. The van der Waals surface area contributed by atoms with E-state index in [2.05, 4.69) is 18.7 Å². The van der Waals surface area contributed by atoms with Gasteiger partial charge in [0, 0.05) is 52.7 Å². The Labute approximate surface area is 301 Å². The quantitative estimate of drug-likeness (QED) is 0.286. The zero-order valence-electron chi connectivity index (χ0n) is 30.2. The molecule has 3 aliphatic heterocycles. The second-order valence-electron chi connectivity index (χ2n) is 15.3. The summed E-state index contributed by atoms with van der Waals surface area (Å²) in [5.74, 6) is -3.41. The third-order valence-electron chi connectivity index (χ3n) is 11.0. The molecule has 51 heavy (non-hydrogen) atoms. The molecule has 2 saturated carbocycles. The summed E-state index contributed by atoms with van der Waals surface area (Å²) in [6.45, 7) is 8.09. The van der Waals surface area contributed by atoms with Gasteiger partial charge in [-0.1, -0.05) is 74.5 Å². The number of ketones is 2. The Kier molecular flexibility index (Phi) is 11.1. The van der Waals surface area contributed by atoms with Crippen molar-refractivity contribution in [1.29, 1.82) is 0 Å². The van der Waals surface area contributed by atoms with E-state index in [9.17, 15) is 19.2 Å². The summed E-state index contributed by atoms with van der Waals surface area (Å²) >= 11 is 0. The summed E-state index contributed by atoms with van der Waals surface area (Å²) in [6, 6.07) is 19.8. The van der Waals surface area contributed by atoms with Crippen molar-refractivity contribution in [3.63, 3.8) is 0 Å². The maximum Gasteiger partial charge on any atom is 0.320 e. The number of rotatable bonds is 8. The Morgan fingerprint density at radius 3 is 1.96 bits per heavy atom. The molecule has 2 spiro atoms. The predicted octanol–water partition coefficient (Wildman–Crippen LogP) is 4.44. The standard InChI is InChI=1S/C23H31NO5.C17H20O5.H2/c1-17(2)12-24-15-21(11-18-7-5-4-6-8-18)13-23(28-9-10-29-23)14-22(16-24,19(21)25)20(26)27-3;1-20-16(19)14-11-17(21-7-8-22-17)10-13(15(14)18)9-12-5-3-2-4-6-12;/h4-8,17H,9-16H2,1-3H3;2-6,13-14H,7-11H2,1H3;1H. The van der Waals surface area contributed by atoms with Crippen LogP contribution in [0.3, 0.4) is 0 Å². The molecule has 2 aromatic rings. The normalized spacial score (nSPS) is 29.5. The Balaban J connectivity index is 0.000000205. The topological polar surface area (TPSA) is 127 Å². The number of Topliss-reactive ketones (excluding diaryl/α,β-unsaturated/α-hetero) is 2. The summed E-state index contributed by atoms with van der Waals surface area (Å²) < 4.78 is 33.6. The van der Waals surface area contributed by atoms with Crippen molar-refractivity contribution >= 4 is 23.5 Å². The van der Waals surface area contributed by atoms with Crippen LogP contribution in [-0.4, -0.2) is 100 Å². The van der Waals surface area contributed by atoms with E-state index in [-0.39, 0.29) is 31.8 Å². The number of ether oxygens (including phenoxy) is 6. The lowest BCUT2D eigenvalue weighted by Crippen LogP contribution is -2.70. The lowest BCUT2D eigenvalue weighted by molar-refractivity contribution is -0.241. The highest BCUT2D eigenvalue weighted by Gasteiger charge is 2.69. The number of carbonyl (C=O) groups excluding carboxylic acids is 4. The smallest absolute Gasteiger partial charge is 0.320 e. The highest BCUT2D eigenvalue weighted by atomic mass is 16.7. The van der Waals surface area contributed by atoms with Gasteiger partial charge in [-0.25, -0.2) is 0 Å². The van der Waals surface area contributed by atoms with Crippen LogP contribution in [0, 0.1) is 28.6 Å². The number of methoxy groups -OCH3 is 2. The van der Waals surface area contributed by atoms with Gasteiger partial charge in [0.05, 0.1) is 46.1 Å². The average molecular weight is 708 g/mol. The van der Waals surface area contributed by atoms with Crippen LogP contribution in [0.5, 0.6) is 0 Å². The molecule has 11 heteroatoms. The van der Waals surface area contributed by atoms with Crippen molar-refractivity contribution in [1.82, 2.24) is 4.90 Å². The van der Waals surface area contributed by atoms with E-state index in [1.165, 1.54) is 14.2 Å². The minimum atomic E-state index is -1.25. The molecule has 278 valence electrons. The molecule has 4 atom stereocenters. The van der Waals surface area contributed by atoms with Crippen LogP contribution < -0.4 is 0 Å². The fraction of sp³-hybridized carbons (Fsp3) is 0.600. The lowest BCUT2D eigenvalue weighted by atomic mass is 9.54. The van der Waals surface area contributed by atoms with Gasteiger partial charge in [0.15, 0.2) is 23.1 Å².